The van der Waals surface area contributed by atoms with Gasteiger partial charge in [-0.3, -0.25) is 4.79 Å². The predicted octanol–water partition coefficient (Wildman–Crippen LogP) is 0.265. The van der Waals surface area contributed by atoms with E-state index in [1.807, 2.05) is 0 Å². The summed E-state index contributed by atoms with van der Waals surface area (Å²) >= 11 is 5.82. The van der Waals surface area contributed by atoms with Gasteiger partial charge < -0.3 is 9.88 Å². The van der Waals surface area contributed by atoms with E-state index in [2.05, 4.69) is 15.0 Å². The van der Waals surface area contributed by atoms with Crippen LogP contribution < -0.4 is 10.0 Å². The van der Waals surface area contributed by atoms with Crippen LogP contribution in [0.15, 0.2) is 11.4 Å². The molecular weight excluding hydrogens is 292 g/mol. The van der Waals surface area contributed by atoms with Gasteiger partial charge in [0.2, 0.25) is 10.9 Å². The molecule has 7 nitrogen and oxygen atoms in total. The first kappa shape index (κ1) is 15.9. The van der Waals surface area contributed by atoms with Gasteiger partial charge in [0.25, 0.3) is 10.0 Å². The molecule has 1 aromatic heterocycles. The van der Waals surface area contributed by atoms with Crippen molar-refractivity contribution in [2.24, 2.45) is 7.05 Å². The quantitative estimate of drug-likeness (QED) is 0.816. The van der Waals surface area contributed by atoms with E-state index in [1.165, 1.54) is 17.8 Å². The van der Waals surface area contributed by atoms with E-state index in [1.54, 1.807) is 20.9 Å². The summed E-state index contributed by atoms with van der Waals surface area (Å²) in [5.74, 6) is -0.411. The summed E-state index contributed by atoms with van der Waals surface area (Å²) in [4.78, 5) is 15.4. The third kappa shape index (κ3) is 3.92. The third-order valence-electron chi connectivity index (χ3n) is 2.25. The van der Waals surface area contributed by atoms with Crippen LogP contribution in [0, 0.1) is 0 Å². The van der Waals surface area contributed by atoms with Crippen molar-refractivity contribution in [2.45, 2.75) is 37.9 Å². The minimum Gasteiger partial charge on any atom is -0.353 e. The fourth-order valence-electron chi connectivity index (χ4n) is 1.33. The first-order valence-electron chi connectivity index (χ1n) is 5.64. The highest BCUT2D eigenvalue weighted by Gasteiger charge is 2.27. The average Bonchev–Trinajstić information content (AvgIpc) is 2.58. The number of carbonyl (C=O) groups excluding carboxylic acids is 1. The Labute approximate surface area is 117 Å². The highest BCUT2D eigenvalue weighted by molar-refractivity contribution is 7.89. The zero-order valence-electron chi connectivity index (χ0n) is 11.1. The van der Waals surface area contributed by atoms with Gasteiger partial charge in [0.1, 0.15) is 5.15 Å². The van der Waals surface area contributed by atoms with Gasteiger partial charge in [-0.1, -0.05) is 11.6 Å². The molecule has 0 aliphatic rings. The van der Waals surface area contributed by atoms with Crippen LogP contribution in [0.5, 0.6) is 0 Å². The highest BCUT2D eigenvalue weighted by atomic mass is 35.5. The van der Waals surface area contributed by atoms with Crippen molar-refractivity contribution in [2.75, 3.05) is 0 Å². The third-order valence-corrected chi connectivity index (χ3v) is 4.27. The van der Waals surface area contributed by atoms with Gasteiger partial charge in [-0.05, 0) is 20.8 Å². The van der Waals surface area contributed by atoms with Crippen LogP contribution in [0.3, 0.4) is 0 Å². The summed E-state index contributed by atoms with van der Waals surface area (Å²) in [7, 11) is -2.35. The van der Waals surface area contributed by atoms with Crippen LogP contribution in [-0.4, -0.2) is 36.0 Å². The second-order valence-corrected chi connectivity index (χ2v) is 6.44. The number of aromatic nitrogens is 2. The van der Waals surface area contributed by atoms with E-state index in [-0.39, 0.29) is 16.2 Å². The Bertz CT molecular complexity index is 567. The van der Waals surface area contributed by atoms with Crippen molar-refractivity contribution in [3.63, 3.8) is 0 Å². The number of nitrogens with one attached hydrogen (secondary N) is 2. The van der Waals surface area contributed by atoms with E-state index in [9.17, 15) is 13.2 Å². The van der Waals surface area contributed by atoms with Gasteiger partial charge in [-0.25, -0.2) is 13.4 Å². The number of rotatable bonds is 5. The number of amides is 1. The van der Waals surface area contributed by atoms with Crippen LogP contribution in [-0.2, 0) is 21.9 Å². The molecule has 1 heterocycles. The van der Waals surface area contributed by atoms with Gasteiger partial charge in [-0.15, -0.1) is 0 Å². The van der Waals surface area contributed by atoms with Crippen LogP contribution in [0.4, 0.5) is 0 Å². The van der Waals surface area contributed by atoms with Gasteiger partial charge in [-0.2, -0.15) is 4.72 Å². The Hall–Kier alpha value is -1.12. The van der Waals surface area contributed by atoms with E-state index in [4.69, 9.17) is 11.6 Å². The Morgan fingerprint density at radius 1 is 1.42 bits per heavy atom. The van der Waals surface area contributed by atoms with E-state index in [0.717, 1.165) is 0 Å². The van der Waals surface area contributed by atoms with Gasteiger partial charge in [0.15, 0.2) is 0 Å². The first-order valence-corrected chi connectivity index (χ1v) is 7.50. The summed E-state index contributed by atoms with van der Waals surface area (Å²) < 4.78 is 27.6. The summed E-state index contributed by atoms with van der Waals surface area (Å²) in [6.45, 7) is 5.02. The Balaban J connectivity index is 2.86. The molecule has 1 aromatic rings. The van der Waals surface area contributed by atoms with E-state index >= 15 is 0 Å². The molecule has 2 N–H and O–H groups in total. The minimum atomic E-state index is -3.92. The molecule has 0 saturated carbocycles. The first-order chi connectivity index (χ1) is 8.65. The van der Waals surface area contributed by atoms with Gasteiger partial charge >= 0.3 is 0 Å². The van der Waals surface area contributed by atoms with Gasteiger partial charge in [0, 0.05) is 13.1 Å². The maximum atomic E-state index is 12.0. The Morgan fingerprint density at radius 3 is 2.42 bits per heavy atom. The standard InChI is InChI=1S/C10H17ClN4O3S/c1-6(2)13-9(16)7(3)14-19(17,18)10-8(11)15(4)5-12-10/h5-7,14H,1-4H3,(H,13,16). The van der Waals surface area contributed by atoms with Crippen molar-refractivity contribution in [1.29, 1.82) is 0 Å². The van der Waals surface area contributed by atoms with Crippen LogP contribution in [0.2, 0.25) is 5.15 Å². The number of carbonyl (C=O) groups is 1. The average molecular weight is 309 g/mol. The molecule has 9 heteroatoms. The normalized spacial score (nSPS) is 13.6. The number of hydrogen-bond donors (Lipinski definition) is 2. The summed E-state index contributed by atoms with van der Waals surface area (Å²) in [5.41, 5.74) is 0. The number of hydrogen-bond acceptors (Lipinski definition) is 4. The van der Waals surface area contributed by atoms with Crippen molar-refractivity contribution >= 4 is 27.5 Å². The maximum absolute atomic E-state index is 12.0. The highest BCUT2D eigenvalue weighted by Crippen LogP contribution is 2.18. The van der Waals surface area contributed by atoms with Crippen LogP contribution in [0.25, 0.3) is 0 Å². The molecule has 1 unspecified atom stereocenters. The predicted molar refractivity (Wildman–Crippen MR) is 71.3 cm³/mol. The minimum absolute atomic E-state index is 0.0102. The molecule has 0 spiro atoms. The fourth-order valence-corrected chi connectivity index (χ4v) is 2.96. The Kier molecular flexibility index (Phi) is 4.94. The summed E-state index contributed by atoms with van der Waals surface area (Å²) in [5, 5.41) is 2.31. The number of nitrogens with zero attached hydrogens (tertiary/aromatic N) is 2. The smallest absolute Gasteiger partial charge is 0.261 e. The second kappa shape index (κ2) is 5.89. The zero-order valence-corrected chi connectivity index (χ0v) is 12.7. The lowest BCUT2D eigenvalue weighted by Crippen LogP contribution is -2.46. The topological polar surface area (TPSA) is 93.1 Å². The van der Waals surface area contributed by atoms with E-state index in [0.29, 0.717) is 0 Å². The molecular formula is C10H17ClN4O3S. The molecule has 19 heavy (non-hydrogen) atoms. The number of aryl methyl sites for hydroxylation is 1. The SMILES string of the molecule is CC(C)NC(=O)C(C)NS(=O)(=O)c1ncn(C)c1Cl. The number of sulfonamides is 1. The van der Waals surface area contributed by atoms with Crippen LogP contribution in [0.1, 0.15) is 20.8 Å². The molecule has 108 valence electrons. The lowest BCUT2D eigenvalue weighted by molar-refractivity contribution is -0.122. The molecule has 1 atom stereocenters. The second-order valence-electron chi connectivity index (χ2n) is 4.46. The molecule has 0 saturated heterocycles. The monoisotopic (exact) mass is 308 g/mol. The number of halogens is 1. The van der Waals surface area contributed by atoms with Crippen molar-refractivity contribution in [3.05, 3.63) is 11.5 Å². The van der Waals surface area contributed by atoms with Crippen molar-refractivity contribution in [1.82, 2.24) is 19.6 Å². The largest absolute Gasteiger partial charge is 0.353 e. The summed E-state index contributed by atoms with van der Waals surface area (Å²) in [6.07, 6.45) is 1.29. The van der Waals surface area contributed by atoms with Crippen molar-refractivity contribution in [3.8, 4) is 0 Å². The molecule has 0 radical (unpaired) electrons. The lowest BCUT2D eigenvalue weighted by atomic mass is 10.3. The molecule has 0 fully saturated rings. The summed E-state index contributed by atoms with van der Waals surface area (Å²) in [6, 6.07) is -0.983. The maximum Gasteiger partial charge on any atom is 0.261 e. The zero-order chi connectivity index (χ0) is 14.8. The molecule has 0 bridgehead atoms. The van der Waals surface area contributed by atoms with Gasteiger partial charge in [0.05, 0.1) is 12.4 Å². The fraction of sp³-hybridized carbons (Fsp3) is 0.600. The Morgan fingerprint density at radius 2 is 2.00 bits per heavy atom. The van der Waals surface area contributed by atoms with E-state index < -0.39 is 22.0 Å². The lowest BCUT2D eigenvalue weighted by Gasteiger charge is -2.15. The van der Waals surface area contributed by atoms with Crippen LogP contribution >= 0.6 is 11.6 Å². The molecule has 0 aromatic carbocycles. The molecule has 1 rings (SSSR count). The molecule has 0 aliphatic heterocycles. The van der Waals surface area contributed by atoms with Crippen molar-refractivity contribution < 1.29 is 13.2 Å². The molecule has 0 aliphatic carbocycles. The number of imidazole rings is 1. The molecule has 1 amide bonds.